The number of nitrogens with zero attached hydrogens (tertiary/aromatic N) is 2. The second kappa shape index (κ2) is 6.86. The number of fused-ring (bicyclic) bond motifs is 1. The third kappa shape index (κ3) is 3.16. The maximum atomic E-state index is 13.9. The summed E-state index contributed by atoms with van der Waals surface area (Å²) in [5.74, 6) is -4.22. The van der Waals surface area contributed by atoms with Gasteiger partial charge in [0.2, 0.25) is 0 Å². The normalized spacial score (nSPS) is 17.8. The van der Waals surface area contributed by atoms with Crippen LogP contribution >= 0.6 is 0 Å². The number of aromatic nitrogens is 2. The Balaban J connectivity index is 1.52. The van der Waals surface area contributed by atoms with E-state index in [-0.39, 0.29) is 37.4 Å². The van der Waals surface area contributed by atoms with E-state index in [4.69, 9.17) is 0 Å². The molecule has 0 bridgehead atoms. The van der Waals surface area contributed by atoms with Crippen LogP contribution < -0.4 is 0 Å². The summed E-state index contributed by atoms with van der Waals surface area (Å²) in [6.45, 7) is 0.475. The Morgan fingerprint density at radius 3 is 2.54 bits per heavy atom. The van der Waals surface area contributed by atoms with Gasteiger partial charge in [-0.15, -0.1) is 0 Å². The lowest BCUT2D eigenvalue weighted by Crippen LogP contribution is -2.38. The van der Waals surface area contributed by atoms with Crippen molar-refractivity contribution in [2.24, 2.45) is 0 Å². The lowest BCUT2D eigenvalue weighted by molar-refractivity contribution is -0.141. The highest BCUT2D eigenvalue weighted by atomic mass is 19.4. The first-order valence-electron chi connectivity index (χ1n) is 9.18. The summed E-state index contributed by atoms with van der Waals surface area (Å²) < 4.78 is 67.1. The molecule has 0 saturated carbocycles. The van der Waals surface area contributed by atoms with Gasteiger partial charge in [0.1, 0.15) is 0 Å². The molecule has 0 radical (unpaired) electrons. The van der Waals surface area contributed by atoms with E-state index in [1.165, 1.54) is 0 Å². The van der Waals surface area contributed by atoms with E-state index in [0.717, 1.165) is 42.7 Å². The van der Waals surface area contributed by atoms with Crippen LogP contribution in [0.1, 0.15) is 58.1 Å². The predicted molar refractivity (Wildman–Crippen MR) is 89.9 cm³/mol. The van der Waals surface area contributed by atoms with E-state index < -0.39 is 29.3 Å². The Hall–Kier alpha value is -2.45. The number of benzene rings is 1. The standard InChI is InChI=1S/C19H18F5N3O/c20-13-5-4-11(15(16(13)21)19(22,23)24)10-6-8-27(9-7-10)18(28)17-12-2-1-3-14(12)25-26-17/h4-5,10H,1-3,6-9H2,(H,25,26). The van der Waals surface area contributed by atoms with Gasteiger partial charge in [0.15, 0.2) is 17.3 Å². The van der Waals surface area contributed by atoms with Crippen LogP contribution in [0.3, 0.4) is 0 Å². The molecule has 0 atom stereocenters. The molecule has 28 heavy (non-hydrogen) atoms. The summed E-state index contributed by atoms with van der Waals surface area (Å²) in [7, 11) is 0. The SMILES string of the molecule is O=C(c1n[nH]c2c1CCC2)N1CCC(c2ccc(F)c(F)c2C(F)(F)F)CC1. The van der Waals surface area contributed by atoms with E-state index in [1.54, 1.807) is 4.90 Å². The summed E-state index contributed by atoms with van der Waals surface area (Å²) in [5.41, 5.74) is 0.484. The number of halogens is 5. The molecule has 9 heteroatoms. The van der Waals surface area contributed by atoms with Crippen LogP contribution in [0.15, 0.2) is 12.1 Å². The van der Waals surface area contributed by atoms with Gasteiger partial charge in [-0.2, -0.15) is 18.3 Å². The van der Waals surface area contributed by atoms with Crippen LogP contribution in [0, 0.1) is 11.6 Å². The summed E-state index contributed by atoms with van der Waals surface area (Å²) in [6, 6.07) is 1.73. The van der Waals surface area contributed by atoms with Gasteiger partial charge in [-0.05, 0) is 49.7 Å². The molecule has 2 heterocycles. The smallest absolute Gasteiger partial charge is 0.337 e. The van der Waals surface area contributed by atoms with E-state index in [1.807, 2.05) is 0 Å². The van der Waals surface area contributed by atoms with Crippen LogP contribution in [0.5, 0.6) is 0 Å². The highest BCUT2D eigenvalue weighted by Gasteiger charge is 2.40. The Morgan fingerprint density at radius 1 is 1.14 bits per heavy atom. The number of rotatable bonds is 2. The second-order valence-electron chi connectivity index (χ2n) is 7.27. The molecule has 4 nitrogen and oxygen atoms in total. The Bertz CT molecular complexity index is 913. The third-order valence-corrected chi connectivity index (χ3v) is 5.64. The third-order valence-electron chi connectivity index (χ3n) is 5.64. The number of carbonyl (C=O) groups excluding carboxylic acids is 1. The lowest BCUT2D eigenvalue weighted by Gasteiger charge is -2.33. The van der Waals surface area contributed by atoms with Crippen molar-refractivity contribution in [3.8, 4) is 0 Å². The molecule has 1 saturated heterocycles. The number of likely N-dealkylation sites (tertiary alicyclic amines) is 1. The fraction of sp³-hybridized carbons (Fsp3) is 0.474. The molecule has 0 spiro atoms. The van der Waals surface area contributed by atoms with Gasteiger partial charge >= 0.3 is 6.18 Å². The maximum absolute atomic E-state index is 13.9. The molecule has 1 aliphatic carbocycles. The van der Waals surface area contributed by atoms with Crippen molar-refractivity contribution in [1.29, 1.82) is 0 Å². The summed E-state index contributed by atoms with van der Waals surface area (Å²) in [5, 5.41) is 6.98. The van der Waals surface area contributed by atoms with Crippen molar-refractivity contribution >= 4 is 5.91 Å². The lowest BCUT2D eigenvalue weighted by atomic mass is 9.86. The summed E-state index contributed by atoms with van der Waals surface area (Å²) in [6.07, 6.45) is -1.90. The van der Waals surface area contributed by atoms with E-state index in [9.17, 15) is 26.7 Å². The highest BCUT2D eigenvalue weighted by molar-refractivity contribution is 5.94. The molecule has 1 aliphatic heterocycles. The Morgan fingerprint density at radius 2 is 1.86 bits per heavy atom. The molecular formula is C19H18F5N3O. The number of hydrogen-bond acceptors (Lipinski definition) is 2. The van der Waals surface area contributed by atoms with Crippen molar-refractivity contribution in [2.45, 2.75) is 44.2 Å². The van der Waals surface area contributed by atoms with Crippen molar-refractivity contribution < 1.29 is 26.7 Å². The average molecular weight is 399 g/mol. The maximum Gasteiger partial charge on any atom is 0.419 e. The van der Waals surface area contributed by atoms with Gasteiger partial charge in [-0.25, -0.2) is 8.78 Å². The molecule has 1 fully saturated rings. The van der Waals surface area contributed by atoms with Gasteiger partial charge in [0.25, 0.3) is 5.91 Å². The van der Waals surface area contributed by atoms with Gasteiger partial charge < -0.3 is 4.90 Å². The molecule has 4 rings (SSSR count). The van der Waals surface area contributed by atoms with Gasteiger partial charge in [0.05, 0.1) is 5.56 Å². The first-order chi connectivity index (χ1) is 13.3. The van der Waals surface area contributed by atoms with Crippen molar-refractivity contribution in [2.75, 3.05) is 13.1 Å². The predicted octanol–water partition coefficient (Wildman–Crippen LogP) is 4.22. The summed E-state index contributed by atoms with van der Waals surface area (Å²) >= 11 is 0. The monoisotopic (exact) mass is 399 g/mol. The number of H-pyrrole nitrogens is 1. The Labute approximate surface area is 157 Å². The molecule has 0 unspecified atom stereocenters. The fourth-order valence-electron chi connectivity index (χ4n) is 4.23. The molecule has 2 aromatic rings. The zero-order valence-electron chi connectivity index (χ0n) is 14.9. The van der Waals surface area contributed by atoms with Crippen molar-refractivity contribution in [3.05, 3.63) is 51.8 Å². The van der Waals surface area contributed by atoms with Gasteiger partial charge in [-0.1, -0.05) is 6.07 Å². The number of aryl methyl sites for hydroxylation is 1. The first kappa shape index (κ1) is 18.9. The minimum Gasteiger partial charge on any atom is -0.337 e. The number of aromatic amines is 1. The molecule has 1 aromatic carbocycles. The first-order valence-corrected chi connectivity index (χ1v) is 9.18. The number of nitrogens with one attached hydrogen (secondary N) is 1. The van der Waals surface area contributed by atoms with Crippen LogP contribution in [-0.2, 0) is 19.0 Å². The van der Waals surface area contributed by atoms with E-state index >= 15 is 0 Å². The zero-order chi connectivity index (χ0) is 20.1. The van der Waals surface area contributed by atoms with Crippen LogP contribution in [0.4, 0.5) is 22.0 Å². The quantitative estimate of drug-likeness (QED) is 0.769. The molecule has 1 aromatic heterocycles. The number of amides is 1. The summed E-state index contributed by atoms with van der Waals surface area (Å²) in [4.78, 5) is 14.3. The topological polar surface area (TPSA) is 49.0 Å². The minimum absolute atomic E-state index is 0.237. The number of alkyl halides is 3. The number of hydrogen-bond donors (Lipinski definition) is 1. The van der Waals surface area contributed by atoms with Crippen LogP contribution in [0.25, 0.3) is 0 Å². The highest BCUT2D eigenvalue weighted by Crippen LogP contribution is 2.41. The van der Waals surface area contributed by atoms with Crippen molar-refractivity contribution in [1.82, 2.24) is 15.1 Å². The fourth-order valence-corrected chi connectivity index (χ4v) is 4.23. The number of carbonyl (C=O) groups is 1. The minimum atomic E-state index is -4.98. The van der Waals surface area contributed by atoms with E-state index in [0.29, 0.717) is 5.69 Å². The van der Waals surface area contributed by atoms with Crippen molar-refractivity contribution in [3.63, 3.8) is 0 Å². The van der Waals surface area contributed by atoms with E-state index in [2.05, 4.69) is 10.2 Å². The largest absolute Gasteiger partial charge is 0.419 e. The van der Waals surface area contributed by atoms with Crippen LogP contribution in [-0.4, -0.2) is 34.1 Å². The second-order valence-corrected chi connectivity index (χ2v) is 7.27. The Kier molecular flexibility index (Phi) is 4.63. The molecule has 1 N–H and O–H groups in total. The van der Waals surface area contributed by atoms with Gasteiger partial charge in [0, 0.05) is 24.3 Å². The van der Waals surface area contributed by atoms with Crippen LogP contribution in [0.2, 0.25) is 0 Å². The molecule has 2 aliphatic rings. The number of piperidine rings is 1. The molecular weight excluding hydrogens is 381 g/mol. The zero-order valence-corrected chi connectivity index (χ0v) is 14.9. The molecule has 1 amide bonds. The molecule has 150 valence electrons. The van der Waals surface area contributed by atoms with Gasteiger partial charge in [-0.3, -0.25) is 9.89 Å². The average Bonchev–Trinajstić information content (AvgIpc) is 3.26.